The molecule has 0 atom stereocenters. The average Bonchev–Trinajstić information content (AvgIpc) is 3.07. The molecule has 1 aliphatic rings. The highest BCUT2D eigenvalue weighted by Crippen LogP contribution is 2.40. The number of halogens is 1. The van der Waals surface area contributed by atoms with Gasteiger partial charge in [0.2, 0.25) is 0 Å². The number of carbonyl (C=O) groups is 1. The Labute approximate surface area is 116 Å². The van der Waals surface area contributed by atoms with E-state index in [1.807, 2.05) is 0 Å². The van der Waals surface area contributed by atoms with Gasteiger partial charge < -0.3 is 9.52 Å². The Kier molecular flexibility index (Phi) is 3.30. The minimum atomic E-state index is -1.01. The van der Waals surface area contributed by atoms with Crippen LogP contribution in [-0.2, 0) is 0 Å². The van der Waals surface area contributed by atoms with E-state index in [-0.39, 0.29) is 17.3 Å². The first kappa shape index (κ1) is 12.9. The highest BCUT2D eigenvalue weighted by Gasteiger charge is 2.29. The number of carboxylic acids is 1. The second-order valence-electron chi connectivity index (χ2n) is 5.19. The molecule has 104 valence electrons. The van der Waals surface area contributed by atoms with Crippen molar-refractivity contribution in [1.29, 1.82) is 0 Å². The summed E-state index contributed by atoms with van der Waals surface area (Å²) in [6.45, 7) is 0. The number of hydrogen-bond acceptors (Lipinski definition) is 2. The highest BCUT2D eigenvalue weighted by atomic mass is 19.1. The number of furan rings is 1. The maximum atomic E-state index is 13.3. The number of hydrogen-bond donors (Lipinski definition) is 1. The molecule has 1 heterocycles. The summed E-state index contributed by atoms with van der Waals surface area (Å²) < 4.78 is 18.8. The Balaban J connectivity index is 2.09. The Morgan fingerprint density at radius 3 is 2.70 bits per heavy atom. The second-order valence-corrected chi connectivity index (χ2v) is 5.19. The van der Waals surface area contributed by atoms with Gasteiger partial charge >= 0.3 is 5.97 Å². The van der Waals surface area contributed by atoms with Crippen LogP contribution in [0.3, 0.4) is 0 Å². The fraction of sp³-hybridized carbons (Fsp3) is 0.312. The zero-order valence-corrected chi connectivity index (χ0v) is 10.9. The van der Waals surface area contributed by atoms with E-state index < -0.39 is 5.97 Å². The predicted molar refractivity (Wildman–Crippen MR) is 72.3 cm³/mol. The Hall–Kier alpha value is -2.10. The molecule has 0 bridgehead atoms. The number of benzene rings is 1. The van der Waals surface area contributed by atoms with Crippen molar-refractivity contribution >= 4 is 5.97 Å². The first-order chi connectivity index (χ1) is 9.66. The second kappa shape index (κ2) is 5.12. The van der Waals surface area contributed by atoms with Crippen LogP contribution in [0.25, 0.3) is 11.1 Å². The van der Waals surface area contributed by atoms with Crippen molar-refractivity contribution in [3.63, 3.8) is 0 Å². The highest BCUT2D eigenvalue weighted by molar-refractivity contribution is 5.97. The van der Waals surface area contributed by atoms with Crippen molar-refractivity contribution in [3.05, 3.63) is 47.7 Å². The van der Waals surface area contributed by atoms with Gasteiger partial charge in [0.25, 0.3) is 0 Å². The SMILES string of the molecule is O=C(O)c1c(-c2cccc(F)c2)coc1C1CCCC1. The molecule has 1 aromatic carbocycles. The molecule has 0 unspecified atom stereocenters. The van der Waals surface area contributed by atoms with Crippen molar-refractivity contribution < 1.29 is 18.7 Å². The predicted octanol–water partition coefficient (Wildman–Crippen LogP) is 4.44. The standard InChI is InChI=1S/C16H15FO3/c17-12-7-3-6-11(8-12)13-9-20-15(14(13)16(18)19)10-4-1-2-5-10/h3,6-10H,1-2,4-5H2,(H,18,19). The largest absolute Gasteiger partial charge is 0.478 e. The van der Waals surface area contributed by atoms with Crippen LogP contribution in [0, 0.1) is 5.82 Å². The summed E-state index contributed by atoms with van der Waals surface area (Å²) >= 11 is 0. The third-order valence-corrected chi connectivity index (χ3v) is 3.89. The normalized spacial score (nSPS) is 15.7. The van der Waals surface area contributed by atoms with Gasteiger partial charge in [-0.3, -0.25) is 0 Å². The summed E-state index contributed by atoms with van der Waals surface area (Å²) in [5.41, 5.74) is 1.18. The minimum Gasteiger partial charge on any atom is -0.478 e. The summed E-state index contributed by atoms with van der Waals surface area (Å²) in [6.07, 6.45) is 5.54. The van der Waals surface area contributed by atoms with Gasteiger partial charge in [-0.2, -0.15) is 0 Å². The Bertz CT molecular complexity index is 639. The van der Waals surface area contributed by atoms with Crippen molar-refractivity contribution in [2.75, 3.05) is 0 Å². The van der Waals surface area contributed by atoms with Crippen LogP contribution in [0.15, 0.2) is 34.9 Å². The lowest BCUT2D eigenvalue weighted by Gasteiger charge is -2.07. The topological polar surface area (TPSA) is 50.4 Å². The smallest absolute Gasteiger partial charge is 0.339 e. The lowest BCUT2D eigenvalue weighted by molar-refractivity contribution is 0.0694. The molecule has 1 aromatic heterocycles. The first-order valence-corrected chi connectivity index (χ1v) is 6.77. The zero-order chi connectivity index (χ0) is 14.1. The molecular weight excluding hydrogens is 259 g/mol. The summed E-state index contributed by atoms with van der Waals surface area (Å²) in [5, 5.41) is 9.47. The summed E-state index contributed by atoms with van der Waals surface area (Å²) in [5.74, 6) is -0.694. The minimum absolute atomic E-state index is 0.170. The molecule has 0 spiro atoms. The van der Waals surface area contributed by atoms with Gasteiger partial charge in [0.15, 0.2) is 0 Å². The molecule has 3 rings (SSSR count). The molecule has 0 radical (unpaired) electrons. The quantitative estimate of drug-likeness (QED) is 0.900. The van der Waals surface area contributed by atoms with Gasteiger partial charge in [-0.1, -0.05) is 25.0 Å². The Morgan fingerprint density at radius 1 is 1.30 bits per heavy atom. The van der Waals surface area contributed by atoms with Crippen molar-refractivity contribution in [2.24, 2.45) is 0 Å². The molecule has 3 nitrogen and oxygen atoms in total. The van der Waals surface area contributed by atoms with Gasteiger partial charge in [-0.05, 0) is 30.5 Å². The van der Waals surface area contributed by atoms with E-state index in [0.717, 1.165) is 25.7 Å². The molecule has 4 heteroatoms. The van der Waals surface area contributed by atoms with E-state index >= 15 is 0 Å². The van der Waals surface area contributed by atoms with Crippen molar-refractivity contribution in [1.82, 2.24) is 0 Å². The first-order valence-electron chi connectivity index (χ1n) is 6.77. The van der Waals surface area contributed by atoms with E-state index in [1.54, 1.807) is 12.1 Å². The molecule has 1 saturated carbocycles. The maximum Gasteiger partial charge on any atom is 0.339 e. The molecular formula is C16H15FO3. The zero-order valence-electron chi connectivity index (χ0n) is 10.9. The van der Waals surface area contributed by atoms with Crippen LogP contribution < -0.4 is 0 Å². The van der Waals surface area contributed by atoms with Gasteiger partial charge in [0, 0.05) is 11.5 Å². The van der Waals surface area contributed by atoms with Gasteiger partial charge in [0.05, 0.1) is 6.26 Å². The van der Waals surface area contributed by atoms with Crippen LogP contribution in [0.4, 0.5) is 4.39 Å². The van der Waals surface area contributed by atoms with E-state index in [4.69, 9.17) is 4.42 Å². The van der Waals surface area contributed by atoms with Crippen LogP contribution in [-0.4, -0.2) is 11.1 Å². The third kappa shape index (κ3) is 2.22. The number of aromatic carboxylic acids is 1. The molecule has 1 aliphatic carbocycles. The third-order valence-electron chi connectivity index (χ3n) is 3.89. The van der Waals surface area contributed by atoms with Crippen LogP contribution in [0.2, 0.25) is 0 Å². The maximum absolute atomic E-state index is 13.3. The lowest BCUT2D eigenvalue weighted by atomic mass is 9.96. The van der Waals surface area contributed by atoms with E-state index in [0.29, 0.717) is 16.9 Å². The van der Waals surface area contributed by atoms with E-state index in [1.165, 1.54) is 18.4 Å². The summed E-state index contributed by atoms with van der Waals surface area (Å²) in [4.78, 5) is 11.6. The van der Waals surface area contributed by atoms with E-state index in [2.05, 4.69) is 0 Å². The number of rotatable bonds is 3. The molecule has 1 N–H and O–H groups in total. The van der Waals surface area contributed by atoms with Crippen LogP contribution in [0.1, 0.15) is 47.7 Å². The summed E-state index contributed by atoms with van der Waals surface area (Å²) in [6, 6.07) is 5.93. The van der Waals surface area contributed by atoms with Crippen molar-refractivity contribution in [2.45, 2.75) is 31.6 Å². The lowest BCUT2D eigenvalue weighted by Crippen LogP contribution is -2.04. The van der Waals surface area contributed by atoms with Crippen LogP contribution >= 0.6 is 0 Å². The number of carboxylic acid groups (broad SMARTS) is 1. The summed E-state index contributed by atoms with van der Waals surface area (Å²) in [7, 11) is 0. The van der Waals surface area contributed by atoms with Gasteiger partial charge in [-0.15, -0.1) is 0 Å². The monoisotopic (exact) mass is 274 g/mol. The van der Waals surface area contributed by atoms with E-state index in [9.17, 15) is 14.3 Å². The molecule has 1 fully saturated rings. The fourth-order valence-electron chi connectivity index (χ4n) is 2.95. The van der Waals surface area contributed by atoms with Crippen molar-refractivity contribution in [3.8, 4) is 11.1 Å². The molecule has 0 amide bonds. The Morgan fingerprint density at radius 2 is 2.05 bits per heavy atom. The van der Waals surface area contributed by atoms with Gasteiger partial charge in [0.1, 0.15) is 17.1 Å². The molecule has 2 aromatic rings. The molecule has 0 saturated heterocycles. The van der Waals surface area contributed by atoms with Gasteiger partial charge in [-0.25, -0.2) is 9.18 Å². The fourth-order valence-corrected chi connectivity index (χ4v) is 2.95. The molecule has 0 aliphatic heterocycles. The molecule has 20 heavy (non-hydrogen) atoms. The average molecular weight is 274 g/mol. The van der Waals surface area contributed by atoms with Crippen LogP contribution in [0.5, 0.6) is 0 Å².